The molecular weight excluding hydrogens is 375 g/mol. The van der Waals surface area contributed by atoms with E-state index in [0.717, 1.165) is 6.07 Å². The molecule has 3 rings (SSSR count). The predicted molar refractivity (Wildman–Crippen MR) is 86.8 cm³/mol. The van der Waals surface area contributed by atoms with E-state index in [1.807, 2.05) is 0 Å². The molecule has 11 heteroatoms. The Labute approximate surface area is 148 Å². The summed E-state index contributed by atoms with van der Waals surface area (Å²) in [4.78, 5) is 10.1. The van der Waals surface area contributed by atoms with Crippen LogP contribution in [0.25, 0.3) is 10.8 Å². The third-order valence-electron chi connectivity index (χ3n) is 3.37. The first-order chi connectivity index (χ1) is 12.3. The van der Waals surface area contributed by atoms with Gasteiger partial charge >= 0.3 is 6.18 Å². The quantitative estimate of drug-likeness (QED) is 0.334. The summed E-state index contributed by atoms with van der Waals surface area (Å²) < 4.78 is 38.2. The van der Waals surface area contributed by atoms with Crippen molar-refractivity contribution >= 4 is 39.6 Å². The molecule has 0 bridgehead atoms. The Balaban J connectivity index is 2.07. The Morgan fingerprint density at radius 2 is 1.73 bits per heavy atom. The maximum absolute atomic E-state index is 12.7. The number of nitro benzene ring substituents is 1. The Kier molecular flexibility index (Phi) is 4.51. The molecule has 26 heavy (non-hydrogen) atoms. The second-order valence-electron chi connectivity index (χ2n) is 5.02. The minimum Gasteiger partial charge on any atom is -0.258 e. The minimum absolute atomic E-state index is 0.0270. The van der Waals surface area contributed by atoms with Crippen LogP contribution in [-0.4, -0.2) is 15.1 Å². The highest BCUT2D eigenvalue weighted by Gasteiger charge is 2.33. The number of hydrogen-bond donors (Lipinski definition) is 0. The van der Waals surface area contributed by atoms with E-state index in [9.17, 15) is 23.3 Å². The van der Waals surface area contributed by atoms with E-state index in [1.165, 1.54) is 0 Å². The fourth-order valence-electron chi connectivity index (χ4n) is 2.16. The molecule has 0 saturated carbocycles. The van der Waals surface area contributed by atoms with Crippen LogP contribution in [0.4, 0.5) is 30.4 Å². The molecular formula is C15H7ClF3N5O2. The van der Waals surface area contributed by atoms with Gasteiger partial charge in [-0.25, -0.2) is 0 Å². The summed E-state index contributed by atoms with van der Waals surface area (Å²) in [7, 11) is 0. The lowest BCUT2D eigenvalue weighted by molar-refractivity contribution is -0.384. The summed E-state index contributed by atoms with van der Waals surface area (Å²) in [6.07, 6.45) is -4.71. The Hall–Kier alpha value is -3.14. The Morgan fingerprint density at radius 3 is 2.38 bits per heavy atom. The highest BCUT2D eigenvalue weighted by atomic mass is 35.5. The van der Waals surface area contributed by atoms with E-state index in [0.29, 0.717) is 22.9 Å². The molecule has 0 aliphatic heterocycles. The van der Waals surface area contributed by atoms with Crippen molar-refractivity contribution < 1.29 is 18.1 Å². The van der Waals surface area contributed by atoms with Gasteiger partial charge in [-0.15, -0.1) is 20.4 Å². The molecule has 0 radical (unpaired) electrons. The molecule has 0 N–H and O–H groups in total. The number of benzene rings is 2. The molecule has 1 heterocycles. The lowest BCUT2D eigenvalue weighted by atomic mass is 10.1. The standard InChI is InChI=1S/C15H7ClF3N5O2/c16-13-9-3-1-2-4-10(9)14(23-21-13)22-20-11-6-5-8(15(17,18)19)7-12(11)24(25)26/h1-7H. The van der Waals surface area contributed by atoms with Gasteiger partial charge in [0, 0.05) is 16.8 Å². The van der Waals surface area contributed by atoms with E-state index in [4.69, 9.17) is 11.6 Å². The van der Waals surface area contributed by atoms with Crippen LogP contribution in [0.2, 0.25) is 5.15 Å². The predicted octanol–water partition coefficient (Wildman–Crippen LogP) is 5.63. The molecule has 7 nitrogen and oxygen atoms in total. The van der Waals surface area contributed by atoms with Crippen LogP contribution in [0.1, 0.15) is 5.56 Å². The van der Waals surface area contributed by atoms with E-state index in [1.54, 1.807) is 24.3 Å². The van der Waals surface area contributed by atoms with Crippen LogP contribution in [0.5, 0.6) is 0 Å². The van der Waals surface area contributed by atoms with Gasteiger partial charge in [0.1, 0.15) is 0 Å². The van der Waals surface area contributed by atoms with Crippen molar-refractivity contribution in [2.24, 2.45) is 10.2 Å². The fraction of sp³-hybridized carbons (Fsp3) is 0.0667. The zero-order chi connectivity index (χ0) is 18.9. The second kappa shape index (κ2) is 6.64. The largest absolute Gasteiger partial charge is 0.416 e. The normalized spacial score (nSPS) is 12.0. The van der Waals surface area contributed by atoms with Crippen LogP contribution < -0.4 is 0 Å². The van der Waals surface area contributed by atoms with Gasteiger partial charge in [-0.1, -0.05) is 35.9 Å². The lowest BCUT2D eigenvalue weighted by Gasteiger charge is -2.06. The summed E-state index contributed by atoms with van der Waals surface area (Å²) in [5, 5.41) is 27.2. The number of alkyl halides is 3. The SMILES string of the molecule is O=[N+]([O-])c1cc(C(F)(F)F)ccc1N=Nc1nnc(Cl)c2ccccc12. The van der Waals surface area contributed by atoms with Crippen LogP contribution in [0.3, 0.4) is 0 Å². The molecule has 0 atom stereocenters. The number of rotatable bonds is 3. The van der Waals surface area contributed by atoms with Gasteiger partial charge in [0.2, 0.25) is 5.82 Å². The van der Waals surface area contributed by atoms with E-state index < -0.39 is 22.4 Å². The van der Waals surface area contributed by atoms with E-state index in [-0.39, 0.29) is 16.7 Å². The van der Waals surface area contributed by atoms with Gasteiger partial charge in [-0.3, -0.25) is 10.1 Å². The third kappa shape index (κ3) is 3.45. The van der Waals surface area contributed by atoms with E-state index >= 15 is 0 Å². The monoisotopic (exact) mass is 381 g/mol. The van der Waals surface area contributed by atoms with Crippen LogP contribution in [0.15, 0.2) is 52.7 Å². The summed E-state index contributed by atoms with van der Waals surface area (Å²) in [6, 6.07) is 8.69. The van der Waals surface area contributed by atoms with E-state index in [2.05, 4.69) is 20.4 Å². The summed E-state index contributed by atoms with van der Waals surface area (Å²) in [5.41, 5.74) is -2.32. The van der Waals surface area contributed by atoms with Gasteiger partial charge < -0.3 is 0 Å². The average molecular weight is 382 g/mol. The summed E-state index contributed by atoms with van der Waals surface area (Å²) >= 11 is 5.93. The number of halogens is 4. The molecule has 0 unspecified atom stereocenters. The molecule has 0 amide bonds. The molecule has 132 valence electrons. The maximum Gasteiger partial charge on any atom is 0.416 e. The van der Waals surface area contributed by atoms with Crippen LogP contribution in [-0.2, 0) is 6.18 Å². The molecule has 3 aromatic rings. The van der Waals surface area contributed by atoms with Gasteiger partial charge in [0.15, 0.2) is 10.8 Å². The van der Waals surface area contributed by atoms with Crippen molar-refractivity contribution in [3.05, 3.63) is 63.3 Å². The lowest BCUT2D eigenvalue weighted by Crippen LogP contribution is -2.05. The number of nitrogens with zero attached hydrogens (tertiary/aromatic N) is 5. The number of hydrogen-bond acceptors (Lipinski definition) is 6. The van der Waals surface area contributed by atoms with Gasteiger partial charge in [0.05, 0.1) is 10.5 Å². The van der Waals surface area contributed by atoms with Crippen molar-refractivity contribution in [1.29, 1.82) is 0 Å². The highest BCUT2D eigenvalue weighted by molar-refractivity contribution is 6.34. The molecule has 0 spiro atoms. The number of azo groups is 1. The van der Waals surface area contributed by atoms with Gasteiger partial charge in [-0.2, -0.15) is 13.2 Å². The molecule has 0 fully saturated rings. The van der Waals surface area contributed by atoms with Crippen LogP contribution >= 0.6 is 11.6 Å². The van der Waals surface area contributed by atoms with Crippen molar-refractivity contribution in [1.82, 2.24) is 10.2 Å². The van der Waals surface area contributed by atoms with Gasteiger partial charge in [0.25, 0.3) is 5.69 Å². The topological polar surface area (TPSA) is 93.6 Å². The molecule has 0 aliphatic rings. The average Bonchev–Trinajstić information content (AvgIpc) is 2.60. The Morgan fingerprint density at radius 1 is 1.04 bits per heavy atom. The summed E-state index contributed by atoms with van der Waals surface area (Å²) in [6.45, 7) is 0. The molecule has 0 aliphatic carbocycles. The zero-order valence-corrected chi connectivity index (χ0v) is 13.4. The Bertz CT molecular complexity index is 1040. The number of nitro groups is 1. The number of aromatic nitrogens is 2. The first kappa shape index (κ1) is 17.7. The molecule has 2 aromatic carbocycles. The number of fused-ring (bicyclic) bond motifs is 1. The first-order valence-electron chi connectivity index (χ1n) is 6.95. The molecule has 0 saturated heterocycles. The van der Waals surface area contributed by atoms with Crippen LogP contribution in [0, 0.1) is 10.1 Å². The third-order valence-corrected chi connectivity index (χ3v) is 3.65. The fourth-order valence-corrected chi connectivity index (χ4v) is 2.37. The minimum atomic E-state index is -4.71. The van der Waals surface area contributed by atoms with Crippen molar-refractivity contribution in [2.45, 2.75) is 6.18 Å². The van der Waals surface area contributed by atoms with Gasteiger partial charge in [-0.05, 0) is 12.1 Å². The molecule has 1 aromatic heterocycles. The van der Waals surface area contributed by atoms with Crippen molar-refractivity contribution in [2.75, 3.05) is 0 Å². The maximum atomic E-state index is 12.7. The smallest absolute Gasteiger partial charge is 0.258 e. The van der Waals surface area contributed by atoms with Crippen molar-refractivity contribution in [3.63, 3.8) is 0 Å². The first-order valence-corrected chi connectivity index (χ1v) is 7.33. The second-order valence-corrected chi connectivity index (χ2v) is 5.38. The highest BCUT2D eigenvalue weighted by Crippen LogP contribution is 2.37. The zero-order valence-electron chi connectivity index (χ0n) is 12.6. The van der Waals surface area contributed by atoms with Crippen molar-refractivity contribution in [3.8, 4) is 0 Å². The summed E-state index contributed by atoms with van der Waals surface area (Å²) in [5.74, 6) is 0.0270.